The van der Waals surface area contributed by atoms with E-state index in [2.05, 4.69) is 0 Å². The molecule has 0 atom stereocenters. The summed E-state index contributed by atoms with van der Waals surface area (Å²) in [5.41, 5.74) is 2.31. The van der Waals surface area contributed by atoms with Crippen LogP contribution in [0.15, 0.2) is 42.5 Å². The van der Waals surface area contributed by atoms with Gasteiger partial charge in [0.2, 0.25) is 0 Å². The highest BCUT2D eigenvalue weighted by Gasteiger charge is 2.08. The molecule has 0 amide bonds. The minimum atomic E-state index is 0.00390. The van der Waals surface area contributed by atoms with Crippen LogP contribution in [0.3, 0.4) is 0 Å². The molecule has 20 heavy (non-hydrogen) atoms. The van der Waals surface area contributed by atoms with Crippen molar-refractivity contribution in [2.24, 2.45) is 0 Å². The highest BCUT2D eigenvalue weighted by molar-refractivity contribution is 5.53. The van der Waals surface area contributed by atoms with Crippen molar-refractivity contribution in [2.45, 2.75) is 13.2 Å². The standard InChI is InChI=1S/C16H12N2O2/c17-8-14-2-1-3-16(15(14)9-18)20-11-13-6-4-12(10-19)5-7-13/h1-7,19H,10-11H2. The highest BCUT2D eigenvalue weighted by Crippen LogP contribution is 2.22. The molecule has 0 saturated heterocycles. The summed E-state index contributed by atoms with van der Waals surface area (Å²) >= 11 is 0. The van der Waals surface area contributed by atoms with Gasteiger partial charge in [-0.25, -0.2) is 0 Å². The topological polar surface area (TPSA) is 77.0 Å². The quantitative estimate of drug-likeness (QED) is 0.920. The van der Waals surface area contributed by atoms with Gasteiger partial charge in [-0.05, 0) is 23.3 Å². The van der Waals surface area contributed by atoms with Crippen LogP contribution in [-0.2, 0) is 13.2 Å². The van der Waals surface area contributed by atoms with E-state index in [4.69, 9.17) is 20.4 Å². The van der Waals surface area contributed by atoms with E-state index in [-0.39, 0.29) is 12.2 Å². The minimum Gasteiger partial charge on any atom is -0.487 e. The second kappa shape index (κ2) is 6.38. The Kier molecular flexibility index (Phi) is 4.34. The fourth-order valence-electron chi connectivity index (χ4n) is 1.76. The molecule has 0 radical (unpaired) electrons. The summed E-state index contributed by atoms with van der Waals surface area (Å²) in [6.07, 6.45) is 0. The smallest absolute Gasteiger partial charge is 0.138 e. The van der Waals surface area contributed by atoms with Crippen molar-refractivity contribution in [3.63, 3.8) is 0 Å². The highest BCUT2D eigenvalue weighted by atomic mass is 16.5. The second-order valence-corrected chi connectivity index (χ2v) is 4.17. The summed E-state index contributed by atoms with van der Waals surface area (Å²) in [7, 11) is 0. The van der Waals surface area contributed by atoms with Gasteiger partial charge < -0.3 is 9.84 Å². The number of nitrogens with zero attached hydrogens (tertiary/aromatic N) is 2. The van der Waals surface area contributed by atoms with E-state index >= 15 is 0 Å². The molecular weight excluding hydrogens is 252 g/mol. The molecule has 0 bridgehead atoms. The molecule has 0 unspecified atom stereocenters. The fraction of sp³-hybridized carbons (Fsp3) is 0.125. The first-order valence-electron chi connectivity index (χ1n) is 6.03. The molecule has 1 N–H and O–H groups in total. The van der Waals surface area contributed by atoms with Gasteiger partial charge >= 0.3 is 0 Å². The normalized spacial score (nSPS) is 9.55. The average molecular weight is 264 g/mol. The third-order valence-electron chi connectivity index (χ3n) is 2.86. The Bertz CT molecular complexity index is 679. The van der Waals surface area contributed by atoms with Crippen molar-refractivity contribution in [3.05, 3.63) is 64.7 Å². The summed E-state index contributed by atoms with van der Waals surface area (Å²) in [5.74, 6) is 0.401. The number of aliphatic hydroxyl groups excluding tert-OH is 1. The SMILES string of the molecule is N#Cc1cccc(OCc2ccc(CO)cc2)c1C#N. The zero-order valence-corrected chi connectivity index (χ0v) is 10.7. The third-order valence-corrected chi connectivity index (χ3v) is 2.86. The number of aliphatic hydroxyl groups is 1. The monoisotopic (exact) mass is 264 g/mol. The molecule has 0 aliphatic carbocycles. The molecule has 0 aliphatic heterocycles. The molecule has 4 heteroatoms. The summed E-state index contributed by atoms with van der Waals surface area (Å²) in [5, 5.41) is 27.0. The molecule has 98 valence electrons. The summed E-state index contributed by atoms with van der Waals surface area (Å²) in [4.78, 5) is 0. The van der Waals surface area contributed by atoms with Gasteiger partial charge in [-0.3, -0.25) is 0 Å². The molecule has 0 aliphatic rings. The zero-order valence-electron chi connectivity index (χ0n) is 10.7. The predicted molar refractivity (Wildman–Crippen MR) is 72.6 cm³/mol. The lowest BCUT2D eigenvalue weighted by molar-refractivity contribution is 0.281. The lowest BCUT2D eigenvalue weighted by Gasteiger charge is -2.09. The summed E-state index contributed by atoms with van der Waals surface area (Å²) in [6.45, 7) is 0.305. The van der Waals surface area contributed by atoms with E-state index in [0.29, 0.717) is 17.9 Å². The van der Waals surface area contributed by atoms with E-state index in [1.54, 1.807) is 18.2 Å². The molecule has 0 spiro atoms. The molecule has 4 nitrogen and oxygen atoms in total. The molecule has 2 aromatic carbocycles. The van der Waals surface area contributed by atoms with Crippen LogP contribution in [0.25, 0.3) is 0 Å². The zero-order chi connectivity index (χ0) is 14.4. The Labute approximate surface area is 117 Å². The van der Waals surface area contributed by atoms with Crippen molar-refractivity contribution in [1.29, 1.82) is 10.5 Å². The Balaban J connectivity index is 2.15. The van der Waals surface area contributed by atoms with Crippen molar-refractivity contribution < 1.29 is 9.84 Å². The van der Waals surface area contributed by atoms with Crippen LogP contribution in [0, 0.1) is 22.7 Å². The number of hydrogen-bond donors (Lipinski definition) is 1. The lowest BCUT2D eigenvalue weighted by Crippen LogP contribution is -1.99. The number of hydrogen-bond acceptors (Lipinski definition) is 4. The van der Waals surface area contributed by atoms with Crippen LogP contribution in [0.1, 0.15) is 22.3 Å². The average Bonchev–Trinajstić information content (AvgIpc) is 2.52. The summed E-state index contributed by atoms with van der Waals surface area (Å²) < 4.78 is 5.59. The van der Waals surface area contributed by atoms with E-state index in [9.17, 15) is 0 Å². The first kappa shape index (κ1) is 13.6. The third kappa shape index (κ3) is 2.95. The van der Waals surface area contributed by atoms with E-state index in [1.807, 2.05) is 36.4 Å². The Morgan fingerprint density at radius 1 is 0.950 bits per heavy atom. The van der Waals surface area contributed by atoms with Gasteiger partial charge in [0.05, 0.1) is 12.2 Å². The number of benzene rings is 2. The maximum atomic E-state index is 9.09. The van der Waals surface area contributed by atoms with Crippen LogP contribution < -0.4 is 4.74 Å². The van der Waals surface area contributed by atoms with Crippen molar-refractivity contribution in [2.75, 3.05) is 0 Å². The van der Waals surface area contributed by atoms with E-state index in [0.717, 1.165) is 11.1 Å². The van der Waals surface area contributed by atoms with Gasteiger partial charge in [0.1, 0.15) is 30.1 Å². The molecule has 0 fully saturated rings. The maximum Gasteiger partial charge on any atom is 0.138 e. The van der Waals surface area contributed by atoms with Crippen molar-refractivity contribution in [3.8, 4) is 17.9 Å². The van der Waals surface area contributed by atoms with Gasteiger partial charge in [-0.2, -0.15) is 10.5 Å². The first-order valence-corrected chi connectivity index (χ1v) is 6.03. The van der Waals surface area contributed by atoms with Gasteiger partial charge in [0, 0.05) is 0 Å². The van der Waals surface area contributed by atoms with Crippen LogP contribution in [0.2, 0.25) is 0 Å². The molecule has 0 aromatic heterocycles. The maximum absolute atomic E-state index is 9.09. The van der Waals surface area contributed by atoms with Crippen molar-refractivity contribution in [1.82, 2.24) is 0 Å². The Morgan fingerprint density at radius 2 is 1.65 bits per heavy atom. The van der Waals surface area contributed by atoms with E-state index < -0.39 is 0 Å². The Morgan fingerprint density at radius 3 is 2.25 bits per heavy atom. The minimum absolute atomic E-state index is 0.00390. The van der Waals surface area contributed by atoms with Gasteiger partial charge in [0.15, 0.2) is 0 Å². The van der Waals surface area contributed by atoms with Crippen LogP contribution in [0.4, 0.5) is 0 Å². The predicted octanol–water partition coefficient (Wildman–Crippen LogP) is 2.50. The summed E-state index contributed by atoms with van der Waals surface area (Å²) in [6, 6.07) is 16.2. The number of ether oxygens (including phenoxy) is 1. The van der Waals surface area contributed by atoms with Crippen molar-refractivity contribution >= 4 is 0 Å². The first-order chi connectivity index (χ1) is 9.78. The van der Waals surface area contributed by atoms with E-state index in [1.165, 1.54) is 0 Å². The number of rotatable bonds is 4. The Hall–Kier alpha value is -2.82. The fourth-order valence-corrected chi connectivity index (χ4v) is 1.76. The largest absolute Gasteiger partial charge is 0.487 e. The van der Waals surface area contributed by atoms with Gasteiger partial charge in [0.25, 0.3) is 0 Å². The van der Waals surface area contributed by atoms with Crippen LogP contribution in [-0.4, -0.2) is 5.11 Å². The molecule has 2 rings (SSSR count). The molecular formula is C16H12N2O2. The molecule has 0 saturated carbocycles. The lowest BCUT2D eigenvalue weighted by atomic mass is 10.1. The molecule has 2 aromatic rings. The van der Waals surface area contributed by atoms with Gasteiger partial charge in [-0.1, -0.05) is 30.3 Å². The van der Waals surface area contributed by atoms with Crippen LogP contribution >= 0.6 is 0 Å². The molecule has 0 heterocycles. The number of nitriles is 2. The second-order valence-electron chi connectivity index (χ2n) is 4.17. The van der Waals surface area contributed by atoms with Crippen LogP contribution in [0.5, 0.6) is 5.75 Å². The van der Waals surface area contributed by atoms with Gasteiger partial charge in [-0.15, -0.1) is 0 Å².